The van der Waals surface area contributed by atoms with E-state index >= 15 is 0 Å². The fourth-order valence-corrected chi connectivity index (χ4v) is 2.94. The molecule has 1 amide bonds. The molecular weight excluding hydrogens is 394 g/mol. The predicted molar refractivity (Wildman–Crippen MR) is 117 cm³/mol. The number of benzene rings is 3. The molecule has 156 valence electrons. The van der Waals surface area contributed by atoms with E-state index in [4.69, 9.17) is 14.0 Å². The molecule has 4 rings (SSSR count). The Morgan fingerprint density at radius 3 is 2.48 bits per heavy atom. The Kier molecular flexibility index (Phi) is 5.93. The molecule has 0 unspecified atom stereocenters. The second kappa shape index (κ2) is 9.13. The van der Waals surface area contributed by atoms with Crippen LogP contribution in [0.4, 0.5) is 5.69 Å². The number of aryl methyl sites for hydroxylation is 1. The van der Waals surface area contributed by atoms with Crippen LogP contribution in [0.1, 0.15) is 5.56 Å². The van der Waals surface area contributed by atoms with Crippen molar-refractivity contribution in [2.24, 2.45) is 0 Å². The van der Waals surface area contributed by atoms with Gasteiger partial charge in [0.25, 0.3) is 11.8 Å². The van der Waals surface area contributed by atoms with E-state index in [9.17, 15) is 4.79 Å². The molecule has 0 atom stereocenters. The Hall–Kier alpha value is -4.13. The number of hydrogen-bond acceptors (Lipinski definition) is 6. The van der Waals surface area contributed by atoms with E-state index in [1.807, 2.05) is 61.5 Å². The number of methoxy groups -OCH3 is 1. The lowest BCUT2D eigenvalue weighted by atomic mass is 10.2. The van der Waals surface area contributed by atoms with Crippen molar-refractivity contribution in [3.8, 4) is 34.3 Å². The second-order valence-corrected chi connectivity index (χ2v) is 6.86. The molecule has 7 nitrogen and oxygen atoms in total. The van der Waals surface area contributed by atoms with Crippen molar-refractivity contribution in [1.29, 1.82) is 0 Å². The number of amides is 1. The highest BCUT2D eigenvalue weighted by Crippen LogP contribution is 2.32. The van der Waals surface area contributed by atoms with E-state index in [0.717, 1.165) is 11.1 Å². The van der Waals surface area contributed by atoms with Crippen LogP contribution in [0.3, 0.4) is 0 Å². The maximum absolute atomic E-state index is 12.2. The number of carbonyl (C=O) groups is 1. The zero-order valence-electron chi connectivity index (χ0n) is 17.2. The first-order valence-corrected chi connectivity index (χ1v) is 9.69. The molecule has 1 N–H and O–H groups in total. The topological polar surface area (TPSA) is 86.5 Å². The van der Waals surface area contributed by atoms with Gasteiger partial charge in [-0.2, -0.15) is 4.98 Å². The van der Waals surface area contributed by atoms with Crippen LogP contribution < -0.4 is 14.8 Å². The van der Waals surface area contributed by atoms with Crippen LogP contribution in [0.15, 0.2) is 77.3 Å². The van der Waals surface area contributed by atoms with E-state index < -0.39 is 0 Å². The molecule has 3 aromatic carbocycles. The summed E-state index contributed by atoms with van der Waals surface area (Å²) in [4.78, 5) is 16.6. The molecule has 0 spiro atoms. The smallest absolute Gasteiger partial charge is 0.262 e. The zero-order valence-corrected chi connectivity index (χ0v) is 17.2. The fraction of sp³-hybridized carbons (Fsp3) is 0.125. The summed E-state index contributed by atoms with van der Waals surface area (Å²) in [5.74, 6) is 1.51. The van der Waals surface area contributed by atoms with E-state index in [-0.39, 0.29) is 12.5 Å². The van der Waals surface area contributed by atoms with Crippen LogP contribution in [0.5, 0.6) is 11.5 Å². The Balaban J connectivity index is 1.44. The number of nitrogens with zero attached hydrogens (tertiary/aromatic N) is 2. The minimum Gasteiger partial charge on any atom is -0.493 e. The Morgan fingerprint density at radius 1 is 0.968 bits per heavy atom. The minimum absolute atomic E-state index is 0.149. The summed E-state index contributed by atoms with van der Waals surface area (Å²) in [7, 11) is 1.53. The summed E-state index contributed by atoms with van der Waals surface area (Å²) >= 11 is 0. The van der Waals surface area contributed by atoms with Gasteiger partial charge in [-0.15, -0.1) is 0 Å². The molecule has 1 heterocycles. The number of ether oxygens (including phenoxy) is 2. The SMILES string of the molecule is COc1cc(-c2noc(-c3ccccc3)n2)ccc1OCC(=O)Nc1ccc(C)cc1. The van der Waals surface area contributed by atoms with Gasteiger partial charge in [-0.3, -0.25) is 4.79 Å². The average molecular weight is 415 g/mol. The number of hydrogen-bond donors (Lipinski definition) is 1. The molecule has 0 saturated heterocycles. The number of aromatic nitrogens is 2. The molecule has 1 aromatic heterocycles. The third kappa shape index (κ3) is 4.90. The van der Waals surface area contributed by atoms with Gasteiger partial charge in [0.05, 0.1) is 7.11 Å². The van der Waals surface area contributed by atoms with Crippen molar-refractivity contribution in [2.45, 2.75) is 6.92 Å². The summed E-state index contributed by atoms with van der Waals surface area (Å²) in [6.45, 7) is 1.84. The van der Waals surface area contributed by atoms with Gasteiger partial charge in [-0.05, 0) is 49.4 Å². The third-order valence-corrected chi connectivity index (χ3v) is 4.56. The third-order valence-electron chi connectivity index (χ3n) is 4.56. The first-order chi connectivity index (χ1) is 15.1. The largest absolute Gasteiger partial charge is 0.493 e. The Morgan fingerprint density at radius 2 is 1.74 bits per heavy atom. The molecule has 0 fully saturated rings. The standard InChI is InChI=1S/C24H21N3O4/c1-16-8-11-19(12-9-16)25-22(28)15-30-20-13-10-18(14-21(20)29-2)23-26-24(31-27-23)17-6-4-3-5-7-17/h3-14H,15H2,1-2H3,(H,25,28). The molecule has 0 saturated carbocycles. The van der Waals surface area contributed by atoms with Crippen LogP contribution >= 0.6 is 0 Å². The normalized spacial score (nSPS) is 10.5. The van der Waals surface area contributed by atoms with Gasteiger partial charge < -0.3 is 19.3 Å². The van der Waals surface area contributed by atoms with Crippen LogP contribution in [-0.2, 0) is 4.79 Å². The molecule has 7 heteroatoms. The zero-order chi connectivity index (χ0) is 21.6. The summed E-state index contributed by atoms with van der Waals surface area (Å²) in [6.07, 6.45) is 0. The maximum atomic E-state index is 12.2. The van der Waals surface area contributed by atoms with Crippen LogP contribution in [0.25, 0.3) is 22.8 Å². The molecular formula is C24H21N3O4. The first-order valence-electron chi connectivity index (χ1n) is 9.69. The lowest BCUT2D eigenvalue weighted by molar-refractivity contribution is -0.118. The average Bonchev–Trinajstić information content (AvgIpc) is 3.30. The van der Waals surface area contributed by atoms with Crippen molar-refractivity contribution in [1.82, 2.24) is 10.1 Å². The van der Waals surface area contributed by atoms with Gasteiger partial charge in [-0.1, -0.05) is 41.1 Å². The van der Waals surface area contributed by atoms with Crippen molar-refractivity contribution in [3.05, 3.63) is 78.4 Å². The highest BCUT2D eigenvalue weighted by Gasteiger charge is 2.14. The lowest BCUT2D eigenvalue weighted by Gasteiger charge is -2.11. The Labute approximate surface area is 179 Å². The van der Waals surface area contributed by atoms with Crippen LogP contribution in [-0.4, -0.2) is 29.8 Å². The number of carbonyl (C=O) groups excluding carboxylic acids is 1. The summed E-state index contributed by atoms with van der Waals surface area (Å²) < 4.78 is 16.4. The first kappa shape index (κ1) is 20.2. The summed E-state index contributed by atoms with van der Waals surface area (Å²) in [5.41, 5.74) is 3.39. The number of anilines is 1. The molecule has 0 aliphatic heterocycles. The van der Waals surface area contributed by atoms with Crippen molar-refractivity contribution < 1.29 is 18.8 Å². The monoisotopic (exact) mass is 415 g/mol. The number of nitrogens with one attached hydrogen (secondary N) is 1. The van der Waals surface area contributed by atoms with E-state index in [1.165, 1.54) is 7.11 Å². The van der Waals surface area contributed by atoms with Gasteiger partial charge in [0.15, 0.2) is 18.1 Å². The van der Waals surface area contributed by atoms with Gasteiger partial charge in [-0.25, -0.2) is 0 Å². The van der Waals surface area contributed by atoms with Crippen molar-refractivity contribution in [2.75, 3.05) is 19.0 Å². The van der Waals surface area contributed by atoms with Crippen LogP contribution in [0.2, 0.25) is 0 Å². The second-order valence-electron chi connectivity index (χ2n) is 6.86. The molecule has 0 aliphatic rings. The fourth-order valence-electron chi connectivity index (χ4n) is 2.94. The summed E-state index contributed by atoms with van der Waals surface area (Å²) in [5, 5.41) is 6.84. The molecule has 4 aromatic rings. The van der Waals surface area contributed by atoms with Gasteiger partial charge in [0.2, 0.25) is 5.82 Å². The van der Waals surface area contributed by atoms with Gasteiger partial charge >= 0.3 is 0 Å². The summed E-state index contributed by atoms with van der Waals surface area (Å²) in [6, 6.07) is 22.3. The molecule has 0 bridgehead atoms. The maximum Gasteiger partial charge on any atom is 0.262 e. The van der Waals surface area contributed by atoms with E-state index in [2.05, 4.69) is 15.5 Å². The quantitative estimate of drug-likeness (QED) is 0.469. The minimum atomic E-state index is -0.263. The predicted octanol–water partition coefficient (Wildman–Crippen LogP) is 4.74. The highest BCUT2D eigenvalue weighted by atomic mass is 16.5. The molecule has 0 radical (unpaired) electrons. The van der Waals surface area contributed by atoms with Crippen molar-refractivity contribution >= 4 is 11.6 Å². The van der Waals surface area contributed by atoms with Gasteiger partial charge in [0, 0.05) is 16.8 Å². The highest BCUT2D eigenvalue weighted by molar-refractivity contribution is 5.91. The van der Waals surface area contributed by atoms with Crippen molar-refractivity contribution in [3.63, 3.8) is 0 Å². The molecule has 0 aliphatic carbocycles. The van der Waals surface area contributed by atoms with E-state index in [0.29, 0.717) is 34.5 Å². The number of rotatable bonds is 7. The Bertz CT molecular complexity index is 1170. The lowest BCUT2D eigenvalue weighted by Crippen LogP contribution is -2.20. The van der Waals surface area contributed by atoms with Crippen LogP contribution in [0, 0.1) is 6.92 Å². The van der Waals surface area contributed by atoms with E-state index in [1.54, 1.807) is 18.2 Å². The van der Waals surface area contributed by atoms with Gasteiger partial charge in [0.1, 0.15) is 0 Å². The molecule has 31 heavy (non-hydrogen) atoms.